The molecule has 2 bridgehead atoms. The van der Waals surface area contributed by atoms with E-state index in [2.05, 4.69) is 27.5 Å². The Morgan fingerprint density at radius 1 is 1.59 bits per heavy atom. The third kappa shape index (κ3) is 3.08. The molecule has 1 fully saturated rings. The lowest BCUT2D eigenvalue weighted by molar-refractivity contribution is -0.122. The Kier molecular flexibility index (Phi) is 4.39. The summed E-state index contributed by atoms with van der Waals surface area (Å²) in [6.07, 6.45) is 9.14. The maximum atomic E-state index is 13.2. The Morgan fingerprint density at radius 2 is 2.41 bits per heavy atom. The molecule has 7 nitrogen and oxygen atoms in total. The van der Waals surface area contributed by atoms with Crippen molar-refractivity contribution in [3.63, 3.8) is 0 Å². The van der Waals surface area contributed by atoms with Crippen LogP contribution in [0.5, 0.6) is 0 Å². The summed E-state index contributed by atoms with van der Waals surface area (Å²) in [6, 6.07) is 0.0985. The zero-order valence-corrected chi connectivity index (χ0v) is 16.0. The highest BCUT2D eigenvalue weighted by Crippen LogP contribution is 2.48. The Hall–Kier alpha value is -2.12. The summed E-state index contributed by atoms with van der Waals surface area (Å²) in [4.78, 5) is 25.4. The molecule has 1 aromatic heterocycles. The molecule has 2 heterocycles. The van der Waals surface area contributed by atoms with Gasteiger partial charge in [-0.05, 0) is 51.5 Å². The van der Waals surface area contributed by atoms with E-state index in [1.807, 2.05) is 30.0 Å². The number of carbonyl (C=O) groups excluding carboxylic acids is 2. The maximum absolute atomic E-state index is 13.2. The predicted molar refractivity (Wildman–Crippen MR) is 102 cm³/mol. The second-order valence-electron chi connectivity index (χ2n) is 8.15. The fourth-order valence-corrected chi connectivity index (χ4v) is 4.44. The van der Waals surface area contributed by atoms with Crippen LogP contribution in [0.2, 0.25) is 0 Å². The van der Waals surface area contributed by atoms with Crippen molar-refractivity contribution in [3.8, 4) is 0 Å². The topological polar surface area (TPSA) is 88.9 Å². The Bertz CT molecular complexity index is 828. The summed E-state index contributed by atoms with van der Waals surface area (Å²) < 4.78 is 1.83. The van der Waals surface area contributed by atoms with Crippen LogP contribution >= 0.6 is 0 Å². The summed E-state index contributed by atoms with van der Waals surface area (Å²) in [6.45, 7) is 8.38. The zero-order valence-electron chi connectivity index (χ0n) is 16.0. The molecule has 144 valence electrons. The predicted octanol–water partition coefficient (Wildman–Crippen LogP) is 1.27. The van der Waals surface area contributed by atoms with Crippen molar-refractivity contribution in [2.45, 2.75) is 63.2 Å². The number of carbonyl (C=O) groups is 2. The molecular formula is C20H27N5O2. The van der Waals surface area contributed by atoms with Crippen molar-refractivity contribution in [1.82, 2.24) is 25.6 Å². The van der Waals surface area contributed by atoms with Crippen molar-refractivity contribution in [1.29, 1.82) is 0 Å². The van der Waals surface area contributed by atoms with Gasteiger partial charge < -0.3 is 0 Å². The van der Waals surface area contributed by atoms with Crippen molar-refractivity contribution in [2.75, 3.05) is 6.54 Å². The number of rotatable bonds is 5. The van der Waals surface area contributed by atoms with E-state index in [4.69, 9.17) is 0 Å². The Balaban J connectivity index is 1.61. The number of ketones is 2. The first kappa shape index (κ1) is 18.3. The molecule has 27 heavy (non-hydrogen) atoms. The molecule has 0 aromatic carbocycles. The minimum absolute atomic E-state index is 0.0217. The minimum atomic E-state index is -0.827. The smallest absolute Gasteiger partial charge is 0.175 e. The van der Waals surface area contributed by atoms with Crippen molar-refractivity contribution in [2.24, 2.45) is 5.92 Å². The van der Waals surface area contributed by atoms with Gasteiger partial charge in [-0.2, -0.15) is 0 Å². The number of nitrogens with one attached hydrogen (secondary N) is 2. The molecule has 4 atom stereocenters. The first-order valence-electron chi connectivity index (χ1n) is 9.73. The highest BCUT2D eigenvalue weighted by Gasteiger charge is 2.59. The second kappa shape index (κ2) is 6.49. The zero-order chi connectivity index (χ0) is 19.2. The molecule has 0 amide bonds. The summed E-state index contributed by atoms with van der Waals surface area (Å²) in [5.41, 5.74) is 0.263. The number of hydrogen-bond donors (Lipinski definition) is 2. The van der Waals surface area contributed by atoms with E-state index >= 15 is 0 Å². The second-order valence-corrected chi connectivity index (χ2v) is 8.15. The summed E-state index contributed by atoms with van der Waals surface area (Å²) in [5.74, 6) is 0.443. The molecule has 0 spiro atoms. The molecule has 0 saturated heterocycles. The average molecular weight is 369 g/mol. The largest absolute Gasteiger partial charge is 0.298 e. The fraction of sp³-hybridized carbons (Fsp3) is 0.600. The van der Waals surface area contributed by atoms with E-state index in [9.17, 15) is 9.59 Å². The van der Waals surface area contributed by atoms with Gasteiger partial charge in [-0.15, -0.1) is 11.7 Å². The average Bonchev–Trinajstić information content (AvgIpc) is 3.47. The number of aromatic nitrogens is 3. The number of fused-ring (bicyclic) bond motifs is 5. The molecule has 1 saturated carbocycles. The van der Waals surface area contributed by atoms with Crippen LogP contribution in [0.1, 0.15) is 45.2 Å². The van der Waals surface area contributed by atoms with Crippen LogP contribution in [0.25, 0.3) is 5.57 Å². The van der Waals surface area contributed by atoms with Crippen molar-refractivity contribution < 1.29 is 9.59 Å². The molecule has 4 rings (SSSR count). The molecular weight excluding hydrogens is 342 g/mol. The Labute approximate surface area is 159 Å². The number of Topliss-reactive ketones (excluding diaryl/α,β-unsaturated/α-hetero) is 2. The van der Waals surface area contributed by atoms with E-state index in [-0.39, 0.29) is 24.2 Å². The lowest BCUT2D eigenvalue weighted by Gasteiger charge is -2.25. The molecule has 0 radical (unpaired) electrons. The van der Waals surface area contributed by atoms with E-state index in [1.165, 1.54) is 0 Å². The lowest BCUT2D eigenvalue weighted by atomic mass is 10.00. The lowest BCUT2D eigenvalue weighted by Crippen LogP contribution is -2.52. The first-order valence-corrected chi connectivity index (χ1v) is 9.73. The summed E-state index contributed by atoms with van der Waals surface area (Å²) in [5, 5.41) is 15.2. The van der Waals surface area contributed by atoms with E-state index in [0.29, 0.717) is 5.92 Å². The van der Waals surface area contributed by atoms with Crippen LogP contribution in [0.15, 0.2) is 24.9 Å². The van der Waals surface area contributed by atoms with E-state index < -0.39 is 11.1 Å². The highest BCUT2D eigenvalue weighted by atomic mass is 16.1. The van der Waals surface area contributed by atoms with Crippen LogP contribution in [-0.4, -0.2) is 50.2 Å². The van der Waals surface area contributed by atoms with Crippen molar-refractivity contribution >= 4 is 17.1 Å². The monoisotopic (exact) mass is 369 g/mol. The molecule has 1 aliphatic heterocycles. The SMILES string of the molecule is C=CCC(C)NC12C=C1c1cn(nn1)CCCC1CC1(C(C)=O)NCC2=O. The van der Waals surface area contributed by atoms with Gasteiger partial charge in [-0.1, -0.05) is 11.3 Å². The molecule has 2 aliphatic carbocycles. The van der Waals surface area contributed by atoms with Crippen LogP contribution in [0.3, 0.4) is 0 Å². The van der Waals surface area contributed by atoms with Gasteiger partial charge in [0.1, 0.15) is 17.0 Å². The third-order valence-electron chi connectivity index (χ3n) is 6.19. The Morgan fingerprint density at radius 3 is 3.15 bits per heavy atom. The van der Waals surface area contributed by atoms with Crippen LogP contribution in [0.4, 0.5) is 0 Å². The van der Waals surface area contributed by atoms with Crippen molar-refractivity contribution in [3.05, 3.63) is 30.6 Å². The van der Waals surface area contributed by atoms with Gasteiger partial charge in [0.15, 0.2) is 5.78 Å². The molecule has 7 heteroatoms. The van der Waals surface area contributed by atoms with E-state index in [0.717, 1.165) is 43.5 Å². The summed E-state index contributed by atoms with van der Waals surface area (Å²) >= 11 is 0. The molecule has 4 unspecified atom stereocenters. The number of aryl methyl sites for hydroxylation is 1. The molecule has 3 aliphatic rings. The standard InChI is InChI=1S/C20H27N5O2/c1-4-6-13(2)22-20-10-16(20)17-12-25(24-23-17)8-5-7-15-9-19(15,14(3)26)21-11-18(20)27/h4,10,12-13,15,21-22H,1,5-9,11H2,2-3H3. The maximum Gasteiger partial charge on any atom is 0.175 e. The fourth-order valence-electron chi connectivity index (χ4n) is 4.44. The van der Waals surface area contributed by atoms with Crippen LogP contribution in [-0.2, 0) is 16.1 Å². The van der Waals surface area contributed by atoms with E-state index in [1.54, 1.807) is 6.92 Å². The van der Waals surface area contributed by atoms with Gasteiger partial charge in [0.25, 0.3) is 0 Å². The summed E-state index contributed by atoms with van der Waals surface area (Å²) in [7, 11) is 0. The minimum Gasteiger partial charge on any atom is -0.298 e. The van der Waals surface area contributed by atoms with Gasteiger partial charge in [0.2, 0.25) is 0 Å². The van der Waals surface area contributed by atoms with Gasteiger partial charge >= 0.3 is 0 Å². The molecule has 1 aromatic rings. The number of hydrogen-bond acceptors (Lipinski definition) is 6. The third-order valence-corrected chi connectivity index (χ3v) is 6.19. The normalized spacial score (nSPS) is 33.3. The highest BCUT2D eigenvalue weighted by molar-refractivity contribution is 6.14. The van der Waals surface area contributed by atoms with Gasteiger partial charge in [0.05, 0.1) is 18.3 Å². The van der Waals surface area contributed by atoms with Crippen LogP contribution < -0.4 is 10.6 Å². The number of nitrogens with zero attached hydrogens (tertiary/aromatic N) is 3. The van der Waals surface area contributed by atoms with Gasteiger partial charge in [-0.25, -0.2) is 0 Å². The van der Waals surface area contributed by atoms with Gasteiger partial charge in [-0.3, -0.25) is 24.9 Å². The van der Waals surface area contributed by atoms with Gasteiger partial charge in [0, 0.05) is 18.2 Å². The quantitative estimate of drug-likeness (QED) is 0.760. The van der Waals surface area contributed by atoms with Crippen LogP contribution in [0, 0.1) is 5.92 Å². The molecule has 2 N–H and O–H groups in total. The first-order chi connectivity index (χ1) is 12.9.